The van der Waals surface area contributed by atoms with E-state index in [2.05, 4.69) is 52.5 Å². The number of rotatable bonds is 3. The van der Waals surface area contributed by atoms with Crippen LogP contribution in [0.4, 0.5) is 0 Å². The number of likely N-dealkylation sites (N-methyl/N-ethyl adjacent to an activating group) is 1. The number of nitrogens with one attached hydrogen (secondary N) is 1. The van der Waals surface area contributed by atoms with Crippen LogP contribution in [0.1, 0.15) is 24.4 Å². The Hall–Kier alpha value is -0.900. The van der Waals surface area contributed by atoms with Gasteiger partial charge in [-0.15, -0.1) is 0 Å². The van der Waals surface area contributed by atoms with E-state index in [-0.39, 0.29) is 0 Å². The van der Waals surface area contributed by atoms with Gasteiger partial charge in [-0.2, -0.15) is 0 Å². The molecule has 0 aliphatic carbocycles. The Kier molecular flexibility index (Phi) is 4.71. The summed E-state index contributed by atoms with van der Waals surface area (Å²) in [6.07, 6.45) is 2.68. The van der Waals surface area contributed by atoms with Gasteiger partial charge in [0.1, 0.15) is 0 Å². The van der Waals surface area contributed by atoms with Crippen molar-refractivity contribution in [3.8, 4) is 0 Å². The van der Waals surface area contributed by atoms with Crippen LogP contribution in [0.3, 0.4) is 0 Å². The van der Waals surface area contributed by atoms with Crippen LogP contribution in [0.25, 0.3) is 0 Å². The van der Waals surface area contributed by atoms with E-state index < -0.39 is 0 Å². The molecule has 0 saturated carbocycles. The van der Waals surface area contributed by atoms with E-state index in [1.54, 1.807) is 0 Å². The third-order valence-electron chi connectivity index (χ3n) is 4.83. The summed E-state index contributed by atoms with van der Waals surface area (Å²) >= 11 is 0. The van der Waals surface area contributed by atoms with E-state index in [9.17, 15) is 0 Å². The predicted octanol–water partition coefficient (Wildman–Crippen LogP) is 1.97. The largest absolute Gasteiger partial charge is 0.317 e. The SMILES string of the molecule is CN1CCN(CC2CCNCC2)C(c2ccccc2)C1. The molecule has 3 rings (SSSR count). The van der Waals surface area contributed by atoms with Crippen molar-refractivity contribution in [1.29, 1.82) is 0 Å². The summed E-state index contributed by atoms with van der Waals surface area (Å²) in [5.74, 6) is 0.880. The Morgan fingerprint density at radius 1 is 1.10 bits per heavy atom. The van der Waals surface area contributed by atoms with Crippen molar-refractivity contribution in [2.45, 2.75) is 18.9 Å². The minimum absolute atomic E-state index is 0.574. The number of hydrogen-bond donors (Lipinski definition) is 1. The highest BCUT2D eigenvalue weighted by Crippen LogP contribution is 2.27. The van der Waals surface area contributed by atoms with Crippen LogP contribution in [0.15, 0.2) is 30.3 Å². The van der Waals surface area contributed by atoms with Gasteiger partial charge in [0.25, 0.3) is 0 Å². The first kappa shape index (κ1) is 14.1. The van der Waals surface area contributed by atoms with Gasteiger partial charge in [-0.25, -0.2) is 0 Å². The first-order chi connectivity index (χ1) is 9.83. The molecular weight excluding hydrogens is 246 g/mol. The van der Waals surface area contributed by atoms with Crippen LogP contribution >= 0.6 is 0 Å². The molecular formula is C17H27N3. The third-order valence-corrected chi connectivity index (χ3v) is 4.83. The maximum atomic E-state index is 3.48. The molecule has 1 aromatic carbocycles. The van der Waals surface area contributed by atoms with Crippen molar-refractivity contribution in [3.63, 3.8) is 0 Å². The van der Waals surface area contributed by atoms with Crippen LogP contribution in [0.2, 0.25) is 0 Å². The molecule has 3 nitrogen and oxygen atoms in total. The maximum absolute atomic E-state index is 3.48. The molecule has 110 valence electrons. The molecule has 0 spiro atoms. The van der Waals surface area contributed by atoms with Gasteiger partial charge in [0.2, 0.25) is 0 Å². The smallest absolute Gasteiger partial charge is 0.0475 e. The lowest BCUT2D eigenvalue weighted by Crippen LogP contribution is -2.49. The summed E-state index contributed by atoms with van der Waals surface area (Å²) in [6.45, 7) is 7.25. The van der Waals surface area contributed by atoms with E-state index >= 15 is 0 Å². The molecule has 2 saturated heterocycles. The highest BCUT2D eigenvalue weighted by molar-refractivity contribution is 5.20. The summed E-state index contributed by atoms with van der Waals surface area (Å²) in [7, 11) is 2.25. The third kappa shape index (κ3) is 3.40. The maximum Gasteiger partial charge on any atom is 0.0475 e. The molecule has 0 bridgehead atoms. The lowest BCUT2D eigenvalue weighted by atomic mass is 9.95. The molecule has 2 aliphatic heterocycles. The van der Waals surface area contributed by atoms with Crippen LogP contribution in [-0.2, 0) is 0 Å². The van der Waals surface area contributed by atoms with Gasteiger partial charge < -0.3 is 10.2 Å². The lowest BCUT2D eigenvalue weighted by molar-refractivity contribution is 0.0697. The fraction of sp³-hybridized carbons (Fsp3) is 0.647. The summed E-state index contributed by atoms with van der Waals surface area (Å²) in [5, 5.41) is 3.48. The number of piperidine rings is 1. The topological polar surface area (TPSA) is 18.5 Å². The molecule has 0 amide bonds. The number of hydrogen-bond acceptors (Lipinski definition) is 3. The first-order valence-electron chi connectivity index (χ1n) is 8.01. The highest BCUT2D eigenvalue weighted by Gasteiger charge is 2.28. The quantitative estimate of drug-likeness (QED) is 0.908. The van der Waals surface area contributed by atoms with Gasteiger partial charge in [0.05, 0.1) is 0 Å². The summed E-state index contributed by atoms with van der Waals surface area (Å²) < 4.78 is 0. The average molecular weight is 273 g/mol. The zero-order chi connectivity index (χ0) is 13.8. The second kappa shape index (κ2) is 6.70. The molecule has 20 heavy (non-hydrogen) atoms. The van der Waals surface area contributed by atoms with Crippen molar-refractivity contribution < 1.29 is 0 Å². The molecule has 1 N–H and O–H groups in total. The van der Waals surface area contributed by atoms with Gasteiger partial charge in [-0.3, -0.25) is 4.90 Å². The van der Waals surface area contributed by atoms with Crippen molar-refractivity contribution in [2.75, 3.05) is 46.3 Å². The number of nitrogens with zero attached hydrogens (tertiary/aromatic N) is 2. The summed E-state index contributed by atoms with van der Waals surface area (Å²) in [5.41, 5.74) is 1.48. The van der Waals surface area contributed by atoms with Crippen molar-refractivity contribution in [3.05, 3.63) is 35.9 Å². The number of benzene rings is 1. The van der Waals surface area contributed by atoms with E-state index in [1.807, 2.05) is 0 Å². The molecule has 0 aromatic heterocycles. The van der Waals surface area contributed by atoms with E-state index in [4.69, 9.17) is 0 Å². The second-order valence-electron chi connectivity index (χ2n) is 6.38. The van der Waals surface area contributed by atoms with E-state index in [0.29, 0.717) is 6.04 Å². The molecule has 3 heteroatoms. The Balaban J connectivity index is 1.69. The van der Waals surface area contributed by atoms with E-state index in [0.717, 1.165) is 12.5 Å². The Morgan fingerprint density at radius 3 is 2.60 bits per heavy atom. The highest BCUT2D eigenvalue weighted by atomic mass is 15.3. The number of piperazine rings is 1. The van der Waals surface area contributed by atoms with Gasteiger partial charge in [0, 0.05) is 32.2 Å². The summed E-state index contributed by atoms with van der Waals surface area (Å²) in [6, 6.07) is 11.6. The fourth-order valence-electron chi connectivity index (χ4n) is 3.56. The molecule has 1 aromatic rings. The van der Waals surface area contributed by atoms with Gasteiger partial charge in [0.15, 0.2) is 0 Å². The van der Waals surface area contributed by atoms with Crippen molar-refractivity contribution in [2.24, 2.45) is 5.92 Å². The Morgan fingerprint density at radius 2 is 1.85 bits per heavy atom. The van der Waals surface area contributed by atoms with Crippen molar-refractivity contribution >= 4 is 0 Å². The monoisotopic (exact) mass is 273 g/mol. The molecule has 2 heterocycles. The standard InChI is InChI=1S/C17H27N3/c1-19-11-12-20(13-15-7-9-18-10-8-15)17(14-19)16-5-3-2-4-6-16/h2-6,15,17-18H,7-14H2,1H3. The molecule has 2 aliphatic rings. The van der Waals surface area contributed by atoms with Crippen molar-refractivity contribution in [1.82, 2.24) is 15.1 Å². The normalized spacial score (nSPS) is 26.8. The van der Waals surface area contributed by atoms with Crippen LogP contribution in [0, 0.1) is 5.92 Å². The van der Waals surface area contributed by atoms with Crippen LogP contribution in [-0.4, -0.2) is 56.1 Å². The zero-order valence-electron chi connectivity index (χ0n) is 12.6. The predicted molar refractivity (Wildman–Crippen MR) is 83.8 cm³/mol. The van der Waals surface area contributed by atoms with Gasteiger partial charge in [-0.05, 0) is 44.5 Å². The first-order valence-corrected chi connectivity index (χ1v) is 8.01. The Labute approximate surface area is 123 Å². The van der Waals surface area contributed by atoms with Gasteiger partial charge in [-0.1, -0.05) is 30.3 Å². The molecule has 1 unspecified atom stereocenters. The Bertz CT molecular complexity index is 400. The lowest BCUT2D eigenvalue weighted by Gasteiger charge is -2.42. The molecule has 1 atom stereocenters. The summed E-state index contributed by atoms with van der Waals surface area (Å²) in [4.78, 5) is 5.20. The fourth-order valence-corrected chi connectivity index (χ4v) is 3.56. The van der Waals surface area contributed by atoms with Crippen LogP contribution < -0.4 is 5.32 Å². The molecule has 2 fully saturated rings. The minimum atomic E-state index is 0.574. The molecule has 0 radical (unpaired) electrons. The second-order valence-corrected chi connectivity index (χ2v) is 6.38. The van der Waals surface area contributed by atoms with E-state index in [1.165, 1.54) is 51.1 Å². The average Bonchev–Trinajstić information content (AvgIpc) is 2.51. The minimum Gasteiger partial charge on any atom is -0.317 e. The zero-order valence-corrected chi connectivity index (χ0v) is 12.6. The van der Waals surface area contributed by atoms with Crippen LogP contribution in [0.5, 0.6) is 0 Å². The van der Waals surface area contributed by atoms with Gasteiger partial charge >= 0.3 is 0 Å².